The van der Waals surface area contributed by atoms with E-state index in [0.717, 1.165) is 22.3 Å². The van der Waals surface area contributed by atoms with Crippen molar-refractivity contribution in [1.29, 1.82) is 0 Å². The maximum absolute atomic E-state index is 12.7. The van der Waals surface area contributed by atoms with Gasteiger partial charge in [-0.2, -0.15) is 0 Å². The van der Waals surface area contributed by atoms with Crippen molar-refractivity contribution in [3.8, 4) is 11.1 Å². The number of nitrogens with zero attached hydrogens (tertiary/aromatic N) is 1. The molecule has 39 heavy (non-hydrogen) atoms. The second kappa shape index (κ2) is 10.8. The number of methoxy groups -OCH3 is 1. The first-order valence-electron chi connectivity index (χ1n) is 12.2. The molecule has 0 aromatic heterocycles. The maximum atomic E-state index is 12.7. The van der Waals surface area contributed by atoms with Crippen LogP contribution in [0.15, 0.2) is 72.8 Å². The van der Waals surface area contributed by atoms with Crippen LogP contribution in [-0.2, 0) is 23.9 Å². The van der Waals surface area contributed by atoms with Crippen LogP contribution in [0, 0.1) is 0 Å². The lowest BCUT2D eigenvalue weighted by molar-refractivity contribution is -0.169. The number of amides is 3. The molecule has 10 nitrogen and oxygen atoms in total. The monoisotopic (exact) mass is 528 g/mol. The van der Waals surface area contributed by atoms with E-state index in [1.54, 1.807) is 12.1 Å². The third kappa shape index (κ3) is 5.08. The molecule has 0 radical (unpaired) electrons. The molecule has 2 aliphatic rings. The fraction of sp³-hybridized carbons (Fsp3) is 0.207. The Morgan fingerprint density at radius 3 is 1.79 bits per heavy atom. The number of esters is 1. The molecule has 3 amide bonds. The number of carbonyl (C=O) groups is 5. The molecule has 3 aromatic rings. The van der Waals surface area contributed by atoms with E-state index in [2.05, 4.69) is 10.1 Å². The van der Waals surface area contributed by atoms with Gasteiger partial charge >= 0.3 is 18.0 Å². The molecule has 0 fully saturated rings. The number of hydroxylamine groups is 2. The summed E-state index contributed by atoms with van der Waals surface area (Å²) in [7, 11) is 1.17. The highest BCUT2D eigenvalue weighted by Gasteiger charge is 2.39. The molecule has 1 aliphatic heterocycles. The summed E-state index contributed by atoms with van der Waals surface area (Å²) in [6.45, 7) is 0.0320. The van der Waals surface area contributed by atoms with Gasteiger partial charge in [0, 0.05) is 5.92 Å². The summed E-state index contributed by atoms with van der Waals surface area (Å²) in [6, 6.07) is 20.7. The lowest BCUT2D eigenvalue weighted by atomic mass is 9.98. The van der Waals surface area contributed by atoms with Gasteiger partial charge in [-0.05, 0) is 34.4 Å². The smallest absolute Gasteiger partial charge is 0.407 e. The van der Waals surface area contributed by atoms with E-state index in [1.807, 2.05) is 48.5 Å². The number of fused-ring (bicyclic) bond motifs is 4. The van der Waals surface area contributed by atoms with Crippen LogP contribution >= 0.6 is 0 Å². The molecule has 198 valence electrons. The third-order valence-corrected chi connectivity index (χ3v) is 6.67. The molecule has 0 bridgehead atoms. The SMILES string of the molecule is COC(=O)C[C@H](CC(=O)ON1C(=O)c2ccccc2C1=O)NC(=O)OCC1c2ccccc2-c2ccccc21. The summed E-state index contributed by atoms with van der Waals surface area (Å²) in [4.78, 5) is 67.3. The van der Waals surface area contributed by atoms with Gasteiger partial charge < -0.3 is 19.6 Å². The second-order valence-corrected chi connectivity index (χ2v) is 9.06. The predicted molar refractivity (Wildman–Crippen MR) is 136 cm³/mol. The predicted octanol–water partition coefficient (Wildman–Crippen LogP) is 3.60. The van der Waals surface area contributed by atoms with E-state index in [0.29, 0.717) is 5.06 Å². The normalized spacial score (nSPS) is 14.2. The molecule has 0 unspecified atom stereocenters. The van der Waals surface area contributed by atoms with E-state index < -0.39 is 42.3 Å². The molecule has 1 N–H and O–H groups in total. The molecule has 1 aliphatic carbocycles. The minimum Gasteiger partial charge on any atom is -0.469 e. The van der Waals surface area contributed by atoms with Crippen LogP contribution in [0.5, 0.6) is 0 Å². The zero-order valence-electron chi connectivity index (χ0n) is 20.9. The van der Waals surface area contributed by atoms with Gasteiger partial charge in [-0.25, -0.2) is 9.59 Å². The van der Waals surface area contributed by atoms with Crippen molar-refractivity contribution in [2.45, 2.75) is 24.8 Å². The molecule has 0 saturated carbocycles. The van der Waals surface area contributed by atoms with Crippen LogP contribution in [0.25, 0.3) is 11.1 Å². The van der Waals surface area contributed by atoms with Gasteiger partial charge in [0.1, 0.15) is 6.61 Å². The Hall–Kier alpha value is -4.99. The number of rotatable bonds is 8. The molecule has 1 heterocycles. The zero-order valence-corrected chi connectivity index (χ0v) is 20.9. The van der Waals surface area contributed by atoms with Crippen LogP contribution in [0.1, 0.15) is 50.6 Å². The van der Waals surface area contributed by atoms with Crippen molar-refractivity contribution in [3.63, 3.8) is 0 Å². The van der Waals surface area contributed by atoms with Gasteiger partial charge in [0.25, 0.3) is 11.8 Å². The van der Waals surface area contributed by atoms with E-state index >= 15 is 0 Å². The van der Waals surface area contributed by atoms with Crippen molar-refractivity contribution in [3.05, 3.63) is 95.1 Å². The van der Waals surface area contributed by atoms with Crippen molar-refractivity contribution in [2.75, 3.05) is 13.7 Å². The fourth-order valence-electron chi connectivity index (χ4n) is 4.86. The molecule has 5 rings (SSSR count). The van der Waals surface area contributed by atoms with Crippen molar-refractivity contribution in [2.24, 2.45) is 0 Å². The highest BCUT2D eigenvalue weighted by molar-refractivity contribution is 6.20. The molecule has 1 atom stereocenters. The average molecular weight is 529 g/mol. The standard InChI is InChI=1S/C29H24N2O8/c1-37-25(32)14-17(15-26(33)39-31-27(34)22-12-6-7-13-23(22)28(31)35)30-29(36)38-16-24-20-10-4-2-8-18(20)19-9-3-5-11-21(19)24/h2-13,17,24H,14-16H2,1H3,(H,30,36)/t17-/m1/s1. The van der Waals surface area contributed by atoms with Gasteiger partial charge in [-0.15, -0.1) is 0 Å². The van der Waals surface area contributed by atoms with E-state index in [-0.39, 0.29) is 30.1 Å². The summed E-state index contributed by atoms with van der Waals surface area (Å²) in [6.07, 6.45) is -1.73. The lowest BCUT2D eigenvalue weighted by Crippen LogP contribution is -2.41. The Kier molecular flexibility index (Phi) is 7.09. The van der Waals surface area contributed by atoms with E-state index in [4.69, 9.17) is 9.57 Å². The van der Waals surface area contributed by atoms with E-state index in [1.165, 1.54) is 19.2 Å². The Balaban J connectivity index is 1.22. The highest BCUT2D eigenvalue weighted by Crippen LogP contribution is 2.44. The van der Waals surface area contributed by atoms with Crippen LogP contribution in [0.3, 0.4) is 0 Å². The summed E-state index contributed by atoms with van der Waals surface area (Å²) in [5, 5.41) is 2.87. The van der Waals surface area contributed by atoms with Crippen LogP contribution in [0.2, 0.25) is 0 Å². The van der Waals surface area contributed by atoms with Gasteiger partial charge in [0.05, 0.1) is 37.1 Å². The Bertz CT molecular complexity index is 1400. The highest BCUT2D eigenvalue weighted by atomic mass is 16.7. The number of nitrogens with one attached hydrogen (secondary N) is 1. The van der Waals surface area contributed by atoms with Crippen molar-refractivity contribution >= 4 is 29.8 Å². The van der Waals surface area contributed by atoms with Crippen LogP contribution in [0.4, 0.5) is 4.79 Å². The Morgan fingerprint density at radius 1 is 0.769 bits per heavy atom. The molecular formula is C29H24N2O8. The van der Waals surface area contributed by atoms with Crippen molar-refractivity contribution < 1.29 is 38.3 Å². The number of hydrogen-bond acceptors (Lipinski definition) is 8. The second-order valence-electron chi connectivity index (χ2n) is 9.06. The summed E-state index contributed by atoms with van der Waals surface area (Å²) >= 11 is 0. The number of alkyl carbamates (subject to hydrolysis) is 1. The zero-order chi connectivity index (χ0) is 27.5. The Labute approximate surface area is 223 Å². The van der Waals surface area contributed by atoms with Gasteiger partial charge in [-0.1, -0.05) is 65.7 Å². The number of ether oxygens (including phenoxy) is 2. The minimum atomic E-state index is -1.07. The molecule has 10 heteroatoms. The summed E-state index contributed by atoms with van der Waals surface area (Å²) in [5.41, 5.74) is 4.42. The first kappa shape index (κ1) is 25.7. The van der Waals surface area contributed by atoms with Crippen LogP contribution in [-0.4, -0.2) is 54.7 Å². The lowest BCUT2D eigenvalue weighted by Gasteiger charge is -2.20. The minimum absolute atomic E-state index is 0.0320. The number of carbonyl (C=O) groups excluding carboxylic acids is 5. The third-order valence-electron chi connectivity index (χ3n) is 6.67. The van der Waals surface area contributed by atoms with Crippen molar-refractivity contribution in [1.82, 2.24) is 10.4 Å². The topological polar surface area (TPSA) is 128 Å². The molecule has 0 spiro atoms. The quantitative estimate of drug-likeness (QED) is 0.347. The van der Waals surface area contributed by atoms with Gasteiger partial charge in [-0.3, -0.25) is 14.4 Å². The molecule has 3 aromatic carbocycles. The largest absolute Gasteiger partial charge is 0.469 e. The van der Waals surface area contributed by atoms with E-state index in [9.17, 15) is 24.0 Å². The Morgan fingerprint density at radius 2 is 1.26 bits per heavy atom. The molecular weight excluding hydrogens is 504 g/mol. The summed E-state index contributed by atoms with van der Waals surface area (Å²) in [5.74, 6) is -3.43. The first-order valence-corrected chi connectivity index (χ1v) is 12.2. The number of imide groups is 1. The van der Waals surface area contributed by atoms with Crippen LogP contribution < -0.4 is 5.32 Å². The van der Waals surface area contributed by atoms with Gasteiger partial charge in [0.2, 0.25) is 0 Å². The molecule has 0 saturated heterocycles. The first-order chi connectivity index (χ1) is 18.9. The number of benzene rings is 3. The maximum Gasteiger partial charge on any atom is 0.407 e. The fourth-order valence-corrected chi connectivity index (χ4v) is 4.86. The van der Waals surface area contributed by atoms with Gasteiger partial charge in [0.15, 0.2) is 0 Å². The summed E-state index contributed by atoms with van der Waals surface area (Å²) < 4.78 is 10.2. The number of hydrogen-bond donors (Lipinski definition) is 1. The average Bonchev–Trinajstić information content (AvgIpc) is 3.39.